The normalized spacial score (nSPS) is 13.4. The van der Waals surface area contributed by atoms with Crippen LogP contribution in [0.3, 0.4) is 0 Å². The van der Waals surface area contributed by atoms with E-state index in [1.54, 1.807) is 0 Å². The van der Waals surface area contributed by atoms with Crippen molar-refractivity contribution in [3.8, 4) is 0 Å². The zero-order valence-electron chi connectivity index (χ0n) is 12.2. The summed E-state index contributed by atoms with van der Waals surface area (Å²) in [6.45, 7) is 8.06. The van der Waals surface area contributed by atoms with E-state index in [0.717, 1.165) is 12.0 Å². The molecule has 1 atom stereocenters. The highest BCUT2D eigenvalue weighted by Gasteiger charge is 2.28. The Labute approximate surface area is 121 Å². The molecule has 1 N–H and O–H groups in total. The van der Waals surface area contributed by atoms with Gasteiger partial charge in [0.25, 0.3) is 0 Å². The van der Waals surface area contributed by atoms with Crippen LogP contribution in [0.4, 0.5) is 0 Å². The summed E-state index contributed by atoms with van der Waals surface area (Å²) >= 11 is 5.86. The average Bonchev–Trinajstić information content (AvgIpc) is 2.38. The molecule has 3 heteroatoms. The first kappa shape index (κ1) is 16.0. The van der Waals surface area contributed by atoms with Crippen molar-refractivity contribution in [3.63, 3.8) is 0 Å². The molecule has 0 aliphatic carbocycles. The number of nitrogens with one attached hydrogen (secondary N) is 1. The number of alkyl halides is 1. The molecule has 1 rings (SSSR count). The third-order valence-electron chi connectivity index (χ3n) is 3.16. The number of rotatable bonds is 6. The molecule has 0 radical (unpaired) electrons. The molecule has 0 spiro atoms. The molecule has 0 aromatic heterocycles. The Morgan fingerprint density at radius 2 is 1.84 bits per heavy atom. The van der Waals surface area contributed by atoms with Gasteiger partial charge in [-0.05, 0) is 31.7 Å². The van der Waals surface area contributed by atoms with Gasteiger partial charge in [0.2, 0.25) is 5.91 Å². The van der Waals surface area contributed by atoms with E-state index in [0.29, 0.717) is 11.8 Å². The Balaban J connectivity index is 2.85. The van der Waals surface area contributed by atoms with Crippen molar-refractivity contribution in [2.24, 2.45) is 11.3 Å². The summed E-state index contributed by atoms with van der Waals surface area (Å²) in [6.07, 6.45) is 0.925. The van der Waals surface area contributed by atoms with Gasteiger partial charge in [0.15, 0.2) is 0 Å². The van der Waals surface area contributed by atoms with Crippen molar-refractivity contribution in [3.05, 3.63) is 35.9 Å². The lowest BCUT2D eigenvalue weighted by Crippen LogP contribution is -2.40. The topological polar surface area (TPSA) is 29.1 Å². The molecule has 0 bridgehead atoms. The summed E-state index contributed by atoms with van der Waals surface area (Å²) < 4.78 is 0. The Morgan fingerprint density at radius 1 is 1.26 bits per heavy atom. The molecule has 0 aliphatic rings. The third-order valence-corrected chi connectivity index (χ3v) is 3.83. The van der Waals surface area contributed by atoms with Crippen LogP contribution in [0.1, 0.15) is 45.7 Å². The van der Waals surface area contributed by atoms with Crippen LogP contribution in [0.25, 0.3) is 0 Å². The van der Waals surface area contributed by atoms with E-state index in [9.17, 15) is 4.79 Å². The Morgan fingerprint density at radius 3 is 2.32 bits per heavy atom. The van der Waals surface area contributed by atoms with E-state index < -0.39 is 5.41 Å². The maximum Gasteiger partial charge on any atom is 0.227 e. The highest BCUT2D eigenvalue weighted by Crippen LogP contribution is 2.24. The van der Waals surface area contributed by atoms with Crippen molar-refractivity contribution < 1.29 is 4.79 Å². The smallest absolute Gasteiger partial charge is 0.227 e. The van der Waals surface area contributed by atoms with Crippen LogP contribution >= 0.6 is 11.6 Å². The number of hydrogen-bond acceptors (Lipinski definition) is 1. The number of benzene rings is 1. The van der Waals surface area contributed by atoms with E-state index in [4.69, 9.17) is 11.6 Å². The standard InChI is InChI=1S/C16H24ClNO/c1-12(2)10-14(13-8-6-5-7-9-13)18-15(19)16(3,4)11-17/h5-9,12,14H,10-11H2,1-4H3,(H,18,19). The molecule has 0 heterocycles. The average molecular weight is 282 g/mol. The third kappa shape index (κ3) is 4.87. The van der Waals surface area contributed by atoms with Gasteiger partial charge in [-0.1, -0.05) is 44.2 Å². The Kier molecular flexibility index (Phi) is 5.86. The van der Waals surface area contributed by atoms with Crippen LogP contribution in [0, 0.1) is 11.3 Å². The second kappa shape index (κ2) is 6.95. The van der Waals surface area contributed by atoms with Crippen LogP contribution in [-0.2, 0) is 4.79 Å². The van der Waals surface area contributed by atoms with Crippen molar-refractivity contribution in [2.45, 2.75) is 40.2 Å². The zero-order valence-corrected chi connectivity index (χ0v) is 13.0. The van der Waals surface area contributed by atoms with E-state index in [1.807, 2.05) is 32.0 Å². The molecule has 2 nitrogen and oxygen atoms in total. The van der Waals surface area contributed by atoms with E-state index in [1.165, 1.54) is 0 Å². The summed E-state index contributed by atoms with van der Waals surface area (Å²) in [7, 11) is 0. The maximum atomic E-state index is 12.3. The first-order valence-electron chi connectivity index (χ1n) is 6.78. The van der Waals surface area contributed by atoms with Crippen molar-refractivity contribution in [2.75, 3.05) is 5.88 Å². The molecule has 1 unspecified atom stereocenters. The van der Waals surface area contributed by atoms with Crippen molar-refractivity contribution in [1.82, 2.24) is 5.32 Å². The van der Waals surface area contributed by atoms with Crippen molar-refractivity contribution in [1.29, 1.82) is 0 Å². The lowest BCUT2D eigenvalue weighted by atomic mass is 9.92. The maximum absolute atomic E-state index is 12.3. The van der Waals surface area contributed by atoms with Gasteiger partial charge in [0.1, 0.15) is 0 Å². The predicted molar refractivity (Wildman–Crippen MR) is 81.3 cm³/mol. The van der Waals surface area contributed by atoms with Gasteiger partial charge in [0, 0.05) is 5.88 Å². The molecular weight excluding hydrogens is 258 g/mol. The Hall–Kier alpha value is -1.02. The van der Waals surface area contributed by atoms with Gasteiger partial charge >= 0.3 is 0 Å². The first-order valence-corrected chi connectivity index (χ1v) is 7.32. The van der Waals surface area contributed by atoms with Gasteiger partial charge in [0.05, 0.1) is 11.5 Å². The minimum atomic E-state index is -0.536. The highest BCUT2D eigenvalue weighted by molar-refractivity contribution is 6.19. The number of carbonyl (C=O) groups is 1. The van der Waals surface area contributed by atoms with Crippen LogP contribution in [-0.4, -0.2) is 11.8 Å². The van der Waals surface area contributed by atoms with E-state index in [2.05, 4.69) is 31.3 Å². The predicted octanol–water partition coefficient (Wildman–Crippen LogP) is 4.16. The molecular formula is C16H24ClNO. The van der Waals surface area contributed by atoms with Gasteiger partial charge in [-0.3, -0.25) is 4.79 Å². The summed E-state index contributed by atoms with van der Waals surface area (Å²) in [5.41, 5.74) is 0.612. The van der Waals surface area contributed by atoms with Crippen LogP contribution in [0.2, 0.25) is 0 Å². The van der Waals surface area contributed by atoms with Crippen molar-refractivity contribution >= 4 is 17.5 Å². The lowest BCUT2D eigenvalue weighted by Gasteiger charge is -2.27. The molecule has 1 amide bonds. The van der Waals surface area contributed by atoms with Crippen LogP contribution in [0.15, 0.2) is 30.3 Å². The van der Waals surface area contributed by atoms with Gasteiger partial charge < -0.3 is 5.32 Å². The lowest BCUT2D eigenvalue weighted by molar-refractivity contribution is -0.129. The van der Waals surface area contributed by atoms with E-state index >= 15 is 0 Å². The van der Waals surface area contributed by atoms with E-state index in [-0.39, 0.29) is 11.9 Å². The van der Waals surface area contributed by atoms with Gasteiger partial charge in [-0.25, -0.2) is 0 Å². The minimum Gasteiger partial charge on any atom is -0.349 e. The minimum absolute atomic E-state index is 0.0111. The molecule has 1 aromatic rings. The summed E-state index contributed by atoms with van der Waals surface area (Å²) in [5, 5.41) is 3.13. The number of carbonyl (C=O) groups excluding carboxylic acids is 1. The second-order valence-corrected chi connectivity index (χ2v) is 6.35. The second-order valence-electron chi connectivity index (χ2n) is 6.08. The number of halogens is 1. The fourth-order valence-electron chi connectivity index (χ4n) is 1.85. The quantitative estimate of drug-likeness (QED) is 0.780. The molecule has 106 valence electrons. The Bertz CT molecular complexity index is 400. The molecule has 0 fully saturated rings. The number of amides is 1. The summed E-state index contributed by atoms with van der Waals surface area (Å²) in [5.74, 6) is 0.851. The number of hydrogen-bond donors (Lipinski definition) is 1. The summed E-state index contributed by atoms with van der Waals surface area (Å²) in [4.78, 5) is 12.3. The fraction of sp³-hybridized carbons (Fsp3) is 0.562. The molecule has 0 aliphatic heterocycles. The molecule has 0 saturated heterocycles. The van der Waals surface area contributed by atoms with Crippen LogP contribution < -0.4 is 5.32 Å². The first-order chi connectivity index (χ1) is 8.86. The largest absolute Gasteiger partial charge is 0.349 e. The zero-order chi connectivity index (χ0) is 14.5. The summed E-state index contributed by atoms with van der Waals surface area (Å²) in [6, 6.07) is 10.2. The van der Waals surface area contributed by atoms with Gasteiger partial charge in [-0.2, -0.15) is 0 Å². The molecule has 1 aromatic carbocycles. The highest BCUT2D eigenvalue weighted by atomic mass is 35.5. The SMILES string of the molecule is CC(C)CC(NC(=O)C(C)(C)CCl)c1ccccc1. The fourth-order valence-corrected chi connectivity index (χ4v) is 1.97. The monoisotopic (exact) mass is 281 g/mol. The van der Waals surface area contributed by atoms with Crippen LogP contribution in [0.5, 0.6) is 0 Å². The molecule has 0 saturated carbocycles. The van der Waals surface area contributed by atoms with Gasteiger partial charge in [-0.15, -0.1) is 11.6 Å². The molecule has 19 heavy (non-hydrogen) atoms.